The molecule has 0 aromatic heterocycles. The van der Waals surface area contributed by atoms with E-state index in [1.807, 2.05) is 0 Å². The van der Waals surface area contributed by atoms with E-state index >= 15 is 0 Å². The van der Waals surface area contributed by atoms with Crippen LogP contribution >= 0.6 is 0 Å². The van der Waals surface area contributed by atoms with Crippen LogP contribution in [-0.2, 0) is 4.79 Å². The van der Waals surface area contributed by atoms with E-state index in [1.54, 1.807) is 0 Å². The molecule has 1 aliphatic carbocycles. The summed E-state index contributed by atoms with van der Waals surface area (Å²) in [4.78, 5) is 11.2. The molecule has 4 nitrogen and oxygen atoms in total. The van der Waals surface area contributed by atoms with Crippen LogP contribution in [0.5, 0.6) is 0 Å². The van der Waals surface area contributed by atoms with Crippen LogP contribution in [0.4, 0.5) is 0 Å². The molecule has 0 radical (unpaired) electrons. The number of hydrogen-bond acceptors (Lipinski definition) is 3. The molecule has 1 saturated heterocycles. The van der Waals surface area contributed by atoms with Crippen molar-refractivity contribution in [2.45, 2.75) is 44.1 Å². The Bertz CT molecular complexity index is 466. The summed E-state index contributed by atoms with van der Waals surface area (Å²) in [5.74, 6) is -0.442. The van der Waals surface area contributed by atoms with Crippen molar-refractivity contribution >= 4 is 5.97 Å². The van der Waals surface area contributed by atoms with Crippen LogP contribution in [0.25, 0.3) is 0 Å². The second-order valence-electron chi connectivity index (χ2n) is 5.95. The van der Waals surface area contributed by atoms with E-state index < -0.39 is 11.9 Å². The second kappa shape index (κ2) is 5.94. The van der Waals surface area contributed by atoms with Crippen LogP contribution < -0.4 is 10.9 Å². The average molecular weight is 274 g/mol. The smallest absolute Gasteiger partial charge is 0.309 e. The lowest BCUT2D eigenvalue weighted by molar-refractivity contribution is -0.141. The highest BCUT2D eigenvalue weighted by atomic mass is 16.4. The number of benzene rings is 1. The highest BCUT2D eigenvalue weighted by Crippen LogP contribution is 2.33. The van der Waals surface area contributed by atoms with Gasteiger partial charge in [-0.2, -0.15) is 0 Å². The van der Waals surface area contributed by atoms with Crippen LogP contribution in [0.15, 0.2) is 24.3 Å². The molecule has 0 bridgehead atoms. The van der Waals surface area contributed by atoms with Gasteiger partial charge in [0, 0.05) is 6.54 Å². The molecular weight excluding hydrogens is 252 g/mol. The van der Waals surface area contributed by atoms with Crippen molar-refractivity contribution < 1.29 is 9.90 Å². The third-order valence-electron chi connectivity index (χ3n) is 4.67. The molecule has 2 atom stereocenters. The minimum atomic E-state index is -0.746. The molecule has 2 unspecified atom stereocenters. The van der Waals surface area contributed by atoms with Crippen molar-refractivity contribution in [2.24, 2.45) is 5.92 Å². The number of carboxylic acid groups (broad SMARTS) is 1. The number of aliphatic carboxylic acids is 1. The monoisotopic (exact) mass is 274 g/mol. The minimum Gasteiger partial charge on any atom is -0.481 e. The Morgan fingerprint density at radius 2 is 1.70 bits per heavy atom. The number of carboxylic acids is 1. The van der Waals surface area contributed by atoms with Gasteiger partial charge in [-0.25, -0.2) is 5.43 Å². The molecule has 0 spiro atoms. The number of nitrogens with one attached hydrogen (secondary N) is 2. The number of hydrogen-bond donors (Lipinski definition) is 3. The maximum absolute atomic E-state index is 11.2. The van der Waals surface area contributed by atoms with Gasteiger partial charge in [0.2, 0.25) is 0 Å². The lowest BCUT2D eigenvalue weighted by atomic mass is 9.83. The topological polar surface area (TPSA) is 61.4 Å². The van der Waals surface area contributed by atoms with E-state index in [1.165, 1.54) is 37.7 Å². The third kappa shape index (κ3) is 2.72. The first kappa shape index (κ1) is 13.6. The van der Waals surface area contributed by atoms with E-state index in [4.69, 9.17) is 0 Å². The molecule has 2 aliphatic rings. The van der Waals surface area contributed by atoms with Gasteiger partial charge in [-0.05, 0) is 29.9 Å². The first-order valence-electron chi connectivity index (χ1n) is 7.57. The summed E-state index contributed by atoms with van der Waals surface area (Å²) in [6.45, 7) is 0.477. The maximum atomic E-state index is 11.2. The van der Waals surface area contributed by atoms with Gasteiger partial charge in [-0.3, -0.25) is 10.2 Å². The predicted octanol–water partition coefficient (Wildman–Crippen LogP) is 2.58. The molecule has 1 aliphatic heterocycles. The highest BCUT2D eigenvalue weighted by molar-refractivity contribution is 5.72. The fourth-order valence-corrected chi connectivity index (χ4v) is 3.45. The van der Waals surface area contributed by atoms with Crippen LogP contribution in [-0.4, -0.2) is 17.6 Å². The number of hydrazine groups is 1. The van der Waals surface area contributed by atoms with E-state index in [2.05, 4.69) is 35.1 Å². The van der Waals surface area contributed by atoms with Crippen molar-refractivity contribution in [2.75, 3.05) is 6.54 Å². The Morgan fingerprint density at radius 1 is 1.05 bits per heavy atom. The summed E-state index contributed by atoms with van der Waals surface area (Å²) in [5, 5.41) is 9.22. The van der Waals surface area contributed by atoms with Gasteiger partial charge in [0.1, 0.15) is 0 Å². The van der Waals surface area contributed by atoms with Crippen LogP contribution in [0.2, 0.25) is 0 Å². The Kier molecular flexibility index (Phi) is 4.03. The van der Waals surface area contributed by atoms with Crippen molar-refractivity contribution in [3.8, 4) is 0 Å². The standard InChI is InChI=1S/C16H22N2O2/c19-16(20)14-10-17-18-15(14)13-8-6-12(7-9-13)11-4-2-1-3-5-11/h6-9,11,14-15,17-18H,1-5,10H2,(H,19,20). The van der Waals surface area contributed by atoms with E-state index in [0.717, 1.165) is 5.56 Å². The number of rotatable bonds is 3. The van der Waals surface area contributed by atoms with Crippen LogP contribution in [0, 0.1) is 5.92 Å². The molecule has 0 amide bonds. The molecule has 3 rings (SSSR count). The SMILES string of the molecule is O=C(O)C1CNNC1c1ccc(C2CCCCC2)cc1. The molecule has 1 saturated carbocycles. The normalized spacial score (nSPS) is 27.6. The summed E-state index contributed by atoms with van der Waals surface area (Å²) in [7, 11) is 0. The van der Waals surface area contributed by atoms with E-state index in [-0.39, 0.29) is 6.04 Å². The quantitative estimate of drug-likeness (QED) is 0.793. The van der Waals surface area contributed by atoms with Crippen molar-refractivity contribution in [1.29, 1.82) is 0 Å². The van der Waals surface area contributed by atoms with Crippen LogP contribution in [0.3, 0.4) is 0 Å². The molecule has 1 aromatic carbocycles. The van der Waals surface area contributed by atoms with Gasteiger partial charge >= 0.3 is 5.97 Å². The van der Waals surface area contributed by atoms with E-state index in [9.17, 15) is 9.90 Å². The summed E-state index contributed by atoms with van der Waals surface area (Å²) in [5.41, 5.74) is 8.49. The summed E-state index contributed by atoms with van der Waals surface area (Å²) >= 11 is 0. The first-order valence-corrected chi connectivity index (χ1v) is 7.57. The van der Waals surface area contributed by atoms with Gasteiger partial charge in [0.05, 0.1) is 12.0 Å². The fraction of sp³-hybridized carbons (Fsp3) is 0.562. The third-order valence-corrected chi connectivity index (χ3v) is 4.67. The molecule has 1 aromatic rings. The zero-order valence-corrected chi connectivity index (χ0v) is 11.6. The van der Waals surface area contributed by atoms with Gasteiger partial charge in [0.25, 0.3) is 0 Å². The van der Waals surface area contributed by atoms with Gasteiger partial charge in [0.15, 0.2) is 0 Å². The van der Waals surface area contributed by atoms with Gasteiger partial charge in [-0.15, -0.1) is 0 Å². The summed E-state index contributed by atoms with van der Waals surface area (Å²) in [6.07, 6.45) is 6.62. The lowest BCUT2D eigenvalue weighted by Crippen LogP contribution is -2.26. The molecule has 4 heteroatoms. The van der Waals surface area contributed by atoms with Crippen molar-refractivity contribution in [1.82, 2.24) is 10.9 Å². The van der Waals surface area contributed by atoms with Crippen LogP contribution in [0.1, 0.15) is 55.2 Å². The second-order valence-corrected chi connectivity index (χ2v) is 5.95. The Balaban J connectivity index is 1.73. The number of carbonyl (C=O) groups is 1. The highest BCUT2D eigenvalue weighted by Gasteiger charge is 2.33. The van der Waals surface area contributed by atoms with Gasteiger partial charge < -0.3 is 5.11 Å². The largest absolute Gasteiger partial charge is 0.481 e. The van der Waals surface area contributed by atoms with Crippen molar-refractivity contribution in [3.63, 3.8) is 0 Å². The average Bonchev–Trinajstić information content (AvgIpc) is 2.98. The predicted molar refractivity (Wildman–Crippen MR) is 77.3 cm³/mol. The lowest BCUT2D eigenvalue weighted by Gasteiger charge is -2.23. The Hall–Kier alpha value is -1.39. The molecule has 1 heterocycles. The summed E-state index contributed by atoms with van der Waals surface area (Å²) < 4.78 is 0. The molecular formula is C16H22N2O2. The van der Waals surface area contributed by atoms with E-state index in [0.29, 0.717) is 12.5 Å². The minimum absolute atomic E-state index is 0.132. The molecule has 2 fully saturated rings. The summed E-state index contributed by atoms with van der Waals surface area (Å²) in [6, 6.07) is 8.41. The maximum Gasteiger partial charge on any atom is 0.309 e. The molecule has 3 N–H and O–H groups in total. The Morgan fingerprint density at radius 3 is 2.35 bits per heavy atom. The zero-order valence-electron chi connectivity index (χ0n) is 11.6. The van der Waals surface area contributed by atoms with Crippen molar-refractivity contribution in [3.05, 3.63) is 35.4 Å². The first-order chi connectivity index (χ1) is 9.75. The Labute approximate surface area is 119 Å². The molecule has 108 valence electrons. The molecule has 20 heavy (non-hydrogen) atoms. The fourth-order valence-electron chi connectivity index (χ4n) is 3.45. The van der Waals surface area contributed by atoms with Gasteiger partial charge in [-0.1, -0.05) is 43.5 Å². The zero-order chi connectivity index (χ0) is 13.9.